The van der Waals surface area contributed by atoms with Crippen molar-refractivity contribution in [2.45, 2.75) is 13.0 Å². The number of nitro benzene ring substituents is 1. The van der Waals surface area contributed by atoms with Crippen molar-refractivity contribution in [3.8, 4) is 5.75 Å². The van der Waals surface area contributed by atoms with E-state index in [9.17, 15) is 10.1 Å². The van der Waals surface area contributed by atoms with E-state index in [0.29, 0.717) is 11.3 Å². The predicted octanol–water partition coefficient (Wildman–Crippen LogP) is 4.85. The van der Waals surface area contributed by atoms with E-state index in [2.05, 4.69) is 0 Å². The molecule has 0 aliphatic carbocycles. The Morgan fingerprint density at radius 1 is 1.05 bits per heavy atom. The van der Waals surface area contributed by atoms with Crippen LogP contribution in [0.4, 0.5) is 5.69 Å². The number of para-hydroxylation sites is 2. The Balaban J connectivity index is 2.38. The summed E-state index contributed by atoms with van der Waals surface area (Å²) in [6, 6.07) is 15.9. The molecule has 0 aliphatic rings. The number of nitrogens with zero attached hydrogens (tertiary/aromatic N) is 1. The van der Waals surface area contributed by atoms with Crippen molar-refractivity contribution < 1.29 is 9.66 Å². The molecule has 0 saturated carbocycles. The van der Waals surface area contributed by atoms with E-state index in [1.165, 1.54) is 6.07 Å². The van der Waals surface area contributed by atoms with E-state index in [1.807, 2.05) is 55.5 Å². The quantitative estimate of drug-likeness (QED) is 0.435. The first-order chi connectivity index (χ1) is 10.7. The average molecular weight is 295 g/mol. The van der Waals surface area contributed by atoms with Crippen molar-refractivity contribution in [3.05, 3.63) is 94.6 Å². The van der Waals surface area contributed by atoms with Crippen LogP contribution in [0.1, 0.15) is 18.6 Å². The highest BCUT2D eigenvalue weighted by molar-refractivity contribution is 5.44. The lowest BCUT2D eigenvalue weighted by molar-refractivity contribution is -0.386. The number of hydrogen-bond acceptors (Lipinski definition) is 3. The summed E-state index contributed by atoms with van der Waals surface area (Å²) < 4.78 is 5.91. The fourth-order valence-electron chi connectivity index (χ4n) is 2.02. The Morgan fingerprint density at radius 3 is 2.41 bits per heavy atom. The fourth-order valence-corrected chi connectivity index (χ4v) is 2.02. The molecule has 4 heteroatoms. The Labute approximate surface area is 129 Å². The van der Waals surface area contributed by atoms with Gasteiger partial charge in [-0.3, -0.25) is 10.1 Å². The first-order valence-electron chi connectivity index (χ1n) is 6.97. The molecule has 2 aromatic rings. The third-order valence-corrected chi connectivity index (χ3v) is 3.04. The second kappa shape index (κ2) is 7.78. The van der Waals surface area contributed by atoms with Crippen molar-refractivity contribution in [3.63, 3.8) is 0 Å². The second-order valence-electron chi connectivity index (χ2n) is 4.58. The van der Waals surface area contributed by atoms with Crippen LogP contribution in [0.25, 0.3) is 0 Å². The van der Waals surface area contributed by atoms with Gasteiger partial charge in [0.2, 0.25) is 0 Å². The molecule has 4 nitrogen and oxygen atoms in total. The number of benzene rings is 2. The van der Waals surface area contributed by atoms with Crippen LogP contribution >= 0.6 is 0 Å². The lowest BCUT2D eigenvalue weighted by Crippen LogP contribution is -2.07. The van der Waals surface area contributed by atoms with Crippen LogP contribution in [-0.2, 0) is 0 Å². The first-order valence-corrected chi connectivity index (χ1v) is 6.97. The molecule has 2 rings (SSSR count). The van der Waals surface area contributed by atoms with Crippen LogP contribution in [0, 0.1) is 10.1 Å². The smallest absolute Gasteiger partial charge is 0.276 e. The molecular formula is C18H17NO3. The summed E-state index contributed by atoms with van der Waals surface area (Å²) in [6.45, 7) is 1.91. The molecule has 0 heterocycles. The molecule has 0 saturated heterocycles. The topological polar surface area (TPSA) is 52.4 Å². The SMILES string of the molecule is C/C=C/C=C/C(Oc1ccccc1)c1ccccc1[N+](=O)[O-]. The summed E-state index contributed by atoms with van der Waals surface area (Å²) in [4.78, 5) is 10.8. The normalized spacial score (nSPS) is 12.6. The Hall–Kier alpha value is -2.88. The average Bonchev–Trinajstić information content (AvgIpc) is 2.55. The van der Waals surface area contributed by atoms with E-state index in [0.717, 1.165) is 0 Å². The summed E-state index contributed by atoms with van der Waals surface area (Å²) in [5.74, 6) is 0.663. The van der Waals surface area contributed by atoms with Crippen LogP contribution < -0.4 is 4.74 Å². The van der Waals surface area contributed by atoms with Crippen LogP contribution in [-0.4, -0.2) is 4.92 Å². The molecule has 0 N–H and O–H groups in total. The van der Waals surface area contributed by atoms with E-state index in [4.69, 9.17) is 4.74 Å². The lowest BCUT2D eigenvalue weighted by atomic mass is 10.1. The Morgan fingerprint density at radius 2 is 1.73 bits per heavy atom. The monoisotopic (exact) mass is 295 g/mol. The van der Waals surface area contributed by atoms with E-state index >= 15 is 0 Å². The van der Waals surface area contributed by atoms with Gasteiger partial charge in [-0.05, 0) is 31.2 Å². The summed E-state index contributed by atoms with van der Waals surface area (Å²) in [5, 5.41) is 11.2. The number of allylic oxidation sites excluding steroid dienone is 3. The molecule has 1 unspecified atom stereocenters. The van der Waals surface area contributed by atoms with Gasteiger partial charge in [0.25, 0.3) is 5.69 Å². The highest BCUT2D eigenvalue weighted by Crippen LogP contribution is 2.30. The van der Waals surface area contributed by atoms with Crippen LogP contribution in [0.3, 0.4) is 0 Å². The molecule has 1 atom stereocenters. The minimum atomic E-state index is -0.528. The molecule has 0 fully saturated rings. The highest BCUT2D eigenvalue weighted by Gasteiger charge is 2.21. The molecule has 112 valence electrons. The van der Waals surface area contributed by atoms with Gasteiger partial charge in [0.1, 0.15) is 11.9 Å². The van der Waals surface area contributed by atoms with Gasteiger partial charge in [0.05, 0.1) is 10.5 Å². The number of ether oxygens (including phenoxy) is 1. The van der Waals surface area contributed by atoms with Gasteiger partial charge in [-0.2, -0.15) is 0 Å². The van der Waals surface area contributed by atoms with Crippen LogP contribution in [0.15, 0.2) is 78.9 Å². The number of hydrogen-bond donors (Lipinski definition) is 0. The second-order valence-corrected chi connectivity index (χ2v) is 4.58. The molecule has 0 spiro atoms. The fraction of sp³-hybridized carbons (Fsp3) is 0.111. The van der Waals surface area contributed by atoms with Gasteiger partial charge in [-0.15, -0.1) is 0 Å². The number of nitro groups is 1. The van der Waals surface area contributed by atoms with Gasteiger partial charge in [0, 0.05) is 6.07 Å². The van der Waals surface area contributed by atoms with Crippen LogP contribution in [0.5, 0.6) is 5.75 Å². The Bertz CT molecular complexity index is 678. The maximum Gasteiger partial charge on any atom is 0.276 e. The highest BCUT2D eigenvalue weighted by atomic mass is 16.6. The molecule has 0 amide bonds. The van der Waals surface area contributed by atoms with Crippen molar-refractivity contribution in [2.75, 3.05) is 0 Å². The van der Waals surface area contributed by atoms with E-state index in [-0.39, 0.29) is 10.6 Å². The third kappa shape index (κ3) is 4.06. The largest absolute Gasteiger partial charge is 0.481 e. The van der Waals surface area contributed by atoms with Gasteiger partial charge in [0.15, 0.2) is 0 Å². The summed E-state index contributed by atoms with van der Waals surface area (Å²) in [7, 11) is 0. The van der Waals surface area contributed by atoms with Crippen molar-refractivity contribution >= 4 is 5.69 Å². The first kappa shape index (κ1) is 15.5. The Kier molecular flexibility index (Phi) is 5.49. The summed E-state index contributed by atoms with van der Waals surface area (Å²) >= 11 is 0. The predicted molar refractivity (Wildman–Crippen MR) is 86.9 cm³/mol. The van der Waals surface area contributed by atoms with E-state index in [1.54, 1.807) is 24.3 Å². The van der Waals surface area contributed by atoms with E-state index < -0.39 is 6.10 Å². The molecule has 0 aromatic heterocycles. The van der Waals surface area contributed by atoms with Gasteiger partial charge >= 0.3 is 0 Å². The van der Waals surface area contributed by atoms with Gasteiger partial charge in [-0.25, -0.2) is 0 Å². The van der Waals surface area contributed by atoms with Crippen molar-refractivity contribution in [2.24, 2.45) is 0 Å². The standard InChI is InChI=1S/C18H17NO3/c1-2-3-5-14-18(22-15-10-6-4-7-11-15)16-12-8-9-13-17(16)19(20)21/h2-14,18H,1H3/b3-2+,14-5+. The third-order valence-electron chi connectivity index (χ3n) is 3.04. The molecule has 0 radical (unpaired) electrons. The molecular weight excluding hydrogens is 278 g/mol. The van der Waals surface area contributed by atoms with Gasteiger partial charge in [-0.1, -0.05) is 48.6 Å². The maximum atomic E-state index is 11.2. The minimum absolute atomic E-state index is 0.0496. The molecule has 0 bridgehead atoms. The molecule has 22 heavy (non-hydrogen) atoms. The summed E-state index contributed by atoms with van der Waals surface area (Å²) in [6.07, 6.45) is 6.84. The zero-order valence-corrected chi connectivity index (χ0v) is 12.3. The lowest BCUT2D eigenvalue weighted by Gasteiger charge is -2.16. The van der Waals surface area contributed by atoms with Crippen molar-refractivity contribution in [1.82, 2.24) is 0 Å². The zero-order chi connectivity index (χ0) is 15.8. The van der Waals surface area contributed by atoms with Gasteiger partial charge < -0.3 is 4.74 Å². The summed E-state index contributed by atoms with van der Waals surface area (Å²) in [5.41, 5.74) is 0.575. The minimum Gasteiger partial charge on any atom is -0.481 e. The molecule has 0 aliphatic heterocycles. The van der Waals surface area contributed by atoms with Crippen molar-refractivity contribution in [1.29, 1.82) is 0 Å². The maximum absolute atomic E-state index is 11.2. The van der Waals surface area contributed by atoms with Crippen LogP contribution in [0.2, 0.25) is 0 Å². The molecule has 2 aromatic carbocycles. The zero-order valence-electron chi connectivity index (χ0n) is 12.3. The number of rotatable bonds is 6.